The smallest absolute Gasteiger partial charge is 0.162 e. The molecule has 1 N–H and O–H groups in total. The van der Waals surface area contributed by atoms with Crippen molar-refractivity contribution >= 4 is 38.1 Å². The van der Waals surface area contributed by atoms with E-state index in [0.717, 1.165) is 57.6 Å². The van der Waals surface area contributed by atoms with Gasteiger partial charge in [0.15, 0.2) is 5.78 Å². The molecule has 0 aliphatic heterocycles. The maximum atomic E-state index is 11.7. The number of rotatable bonds is 9. The molecule has 0 amide bonds. The van der Waals surface area contributed by atoms with E-state index < -0.39 is 0 Å². The molecule has 0 saturated carbocycles. The van der Waals surface area contributed by atoms with Gasteiger partial charge in [-0.05, 0) is 44.6 Å². The molecule has 0 fully saturated rings. The number of pyridine rings is 1. The molecule has 6 heteroatoms. The van der Waals surface area contributed by atoms with E-state index in [1.165, 1.54) is 17.0 Å². The van der Waals surface area contributed by atoms with Crippen molar-refractivity contribution in [2.24, 2.45) is 11.8 Å². The zero-order valence-electron chi connectivity index (χ0n) is 24.2. The Kier molecular flexibility index (Phi) is 13.0. The van der Waals surface area contributed by atoms with E-state index in [1.807, 2.05) is 46.9 Å². The molecular weight excluding hydrogens is 681 g/mol. The number of nitrogens with zero attached hydrogens (tertiary/aromatic N) is 2. The first kappa shape index (κ1) is 32.8. The van der Waals surface area contributed by atoms with Crippen molar-refractivity contribution in [1.29, 1.82) is 0 Å². The van der Waals surface area contributed by atoms with Crippen molar-refractivity contribution in [2.75, 3.05) is 0 Å². The van der Waals surface area contributed by atoms with Crippen LogP contribution < -0.4 is 0 Å². The second kappa shape index (κ2) is 15.4. The molecule has 1 radical (unpaired) electrons. The van der Waals surface area contributed by atoms with Crippen LogP contribution >= 0.6 is 11.3 Å². The van der Waals surface area contributed by atoms with Crippen molar-refractivity contribution in [2.45, 2.75) is 80.1 Å². The van der Waals surface area contributed by atoms with Crippen LogP contribution in [-0.2, 0) is 24.9 Å². The molecule has 39 heavy (non-hydrogen) atoms. The number of aromatic nitrogens is 2. The van der Waals surface area contributed by atoms with Gasteiger partial charge in [0.1, 0.15) is 0 Å². The van der Waals surface area contributed by atoms with Gasteiger partial charge < -0.3 is 5.11 Å². The first-order valence-corrected chi connectivity index (χ1v) is 14.7. The zero-order chi connectivity index (χ0) is 27.8. The summed E-state index contributed by atoms with van der Waals surface area (Å²) in [5.41, 5.74) is 4.40. The maximum absolute atomic E-state index is 11.7. The van der Waals surface area contributed by atoms with E-state index in [9.17, 15) is 9.90 Å². The summed E-state index contributed by atoms with van der Waals surface area (Å²) in [4.78, 5) is 20.9. The van der Waals surface area contributed by atoms with E-state index in [4.69, 9.17) is 0 Å². The van der Waals surface area contributed by atoms with Crippen molar-refractivity contribution in [3.8, 4) is 11.3 Å². The second-order valence-electron chi connectivity index (χ2n) is 10.1. The Labute approximate surface area is 251 Å². The average Bonchev–Trinajstić information content (AvgIpc) is 3.30. The number of aliphatic hydroxyl groups excluding tert-OH is 1. The molecule has 0 aliphatic rings. The number of allylic oxidation sites excluding steroid dienone is 2. The first-order chi connectivity index (χ1) is 18.2. The van der Waals surface area contributed by atoms with Gasteiger partial charge in [0.25, 0.3) is 0 Å². The van der Waals surface area contributed by atoms with Crippen LogP contribution in [0.15, 0.2) is 54.4 Å². The summed E-state index contributed by atoms with van der Waals surface area (Å²) in [6.45, 7) is 14.6. The molecule has 2 aromatic carbocycles. The summed E-state index contributed by atoms with van der Waals surface area (Å²) in [7, 11) is 0. The van der Waals surface area contributed by atoms with E-state index in [0.29, 0.717) is 5.92 Å². The van der Waals surface area contributed by atoms with Gasteiger partial charge in [-0.1, -0.05) is 70.7 Å². The van der Waals surface area contributed by atoms with Crippen molar-refractivity contribution < 1.29 is 30.0 Å². The molecule has 0 bridgehead atoms. The number of thiazole rings is 1. The summed E-state index contributed by atoms with van der Waals surface area (Å²) in [5.74, 6) is 1.00. The normalized spacial score (nSPS) is 11.7. The van der Waals surface area contributed by atoms with Gasteiger partial charge in [-0.25, -0.2) is 4.98 Å². The summed E-state index contributed by atoms with van der Waals surface area (Å²) >= 11 is 1.70. The Morgan fingerprint density at radius 1 is 1.03 bits per heavy atom. The molecule has 0 aliphatic carbocycles. The van der Waals surface area contributed by atoms with Crippen LogP contribution in [0.5, 0.6) is 0 Å². The Morgan fingerprint density at radius 2 is 1.67 bits per heavy atom. The summed E-state index contributed by atoms with van der Waals surface area (Å²) < 4.78 is 1.14. The Hall–Kier alpha value is -2.40. The summed E-state index contributed by atoms with van der Waals surface area (Å²) in [6.07, 6.45) is 6.75. The predicted molar refractivity (Wildman–Crippen MR) is 162 cm³/mol. The average molecular weight is 722 g/mol. The molecule has 211 valence electrons. The second-order valence-corrected chi connectivity index (χ2v) is 11.3. The minimum atomic E-state index is 0. The van der Waals surface area contributed by atoms with Crippen LogP contribution in [0, 0.1) is 24.8 Å². The molecule has 4 rings (SSSR count). The number of hydrogen-bond donors (Lipinski definition) is 1. The predicted octanol–water partition coefficient (Wildman–Crippen LogP) is 9.61. The fraction of sp³-hybridized carbons (Fsp3) is 0.424. The van der Waals surface area contributed by atoms with Crippen LogP contribution in [0.1, 0.15) is 83.7 Å². The largest absolute Gasteiger partial charge is 0.512 e. The van der Waals surface area contributed by atoms with Crippen molar-refractivity contribution in [3.63, 3.8) is 0 Å². The van der Waals surface area contributed by atoms with E-state index in [1.54, 1.807) is 11.3 Å². The first-order valence-electron chi connectivity index (χ1n) is 13.9. The zero-order valence-corrected chi connectivity index (χ0v) is 27.4. The summed E-state index contributed by atoms with van der Waals surface area (Å²) in [5, 5.41) is 13.3. The molecular formula is C33H41IrN2O2S-. The third-order valence-electron chi connectivity index (χ3n) is 7.18. The molecule has 2 heterocycles. The molecule has 4 nitrogen and oxygen atoms in total. The Balaban J connectivity index is 0.000000294. The molecule has 0 atom stereocenters. The SMILES string of the molecule is CCC(CC)C(=O)/C=C(\O)C(CC)CC.Cc1nc2ccnc(-c3[c-]c4ccccc4c(C(C)C)c3)c2s1.[Ir]. The topological polar surface area (TPSA) is 63.1 Å². The number of benzene rings is 2. The summed E-state index contributed by atoms with van der Waals surface area (Å²) in [6, 6.07) is 16.2. The minimum absolute atomic E-state index is 0. The van der Waals surface area contributed by atoms with E-state index in [2.05, 4.69) is 60.2 Å². The van der Waals surface area contributed by atoms with Crippen molar-refractivity contribution in [1.82, 2.24) is 9.97 Å². The third-order valence-corrected chi connectivity index (χ3v) is 8.17. The van der Waals surface area contributed by atoms with Crippen LogP contribution in [0.2, 0.25) is 0 Å². The van der Waals surface area contributed by atoms with Gasteiger partial charge in [0.2, 0.25) is 0 Å². The monoisotopic (exact) mass is 722 g/mol. The molecule has 4 aromatic rings. The number of ketones is 1. The molecule has 0 spiro atoms. The number of carbonyl (C=O) groups is 1. The Bertz CT molecular complexity index is 1400. The fourth-order valence-electron chi connectivity index (χ4n) is 4.80. The molecule has 0 saturated heterocycles. The van der Waals surface area contributed by atoms with Gasteiger partial charge in [0, 0.05) is 54.6 Å². The van der Waals surface area contributed by atoms with E-state index in [-0.39, 0.29) is 43.5 Å². The van der Waals surface area contributed by atoms with Gasteiger partial charge in [-0.15, -0.1) is 40.5 Å². The van der Waals surface area contributed by atoms with Crippen LogP contribution in [0.4, 0.5) is 0 Å². The van der Waals surface area contributed by atoms with Crippen molar-refractivity contribution in [3.05, 3.63) is 71.1 Å². The van der Waals surface area contributed by atoms with Gasteiger partial charge in [-0.2, -0.15) is 0 Å². The van der Waals surface area contributed by atoms with Crippen LogP contribution in [0.3, 0.4) is 0 Å². The number of fused-ring (bicyclic) bond motifs is 2. The van der Waals surface area contributed by atoms with E-state index >= 15 is 0 Å². The molecule has 2 aromatic heterocycles. The van der Waals surface area contributed by atoms with Crippen LogP contribution in [-0.4, -0.2) is 20.9 Å². The van der Waals surface area contributed by atoms with Gasteiger partial charge in [0.05, 0.1) is 16.3 Å². The molecule has 0 unspecified atom stereocenters. The number of hydrogen-bond acceptors (Lipinski definition) is 5. The number of aliphatic hydroxyl groups is 1. The number of carbonyl (C=O) groups excluding carboxylic acids is 1. The standard InChI is InChI=1S/C20H17N2S.C13H24O2.Ir/c1-12(2)17-11-15(10-14-6-4-5-7-16(14)17)19-20-18(8-9-21-19)22-13(3)23-20;1-5-10(6-2)12(14)9-13(15)11(7-3)8-4;/h4-9,11-12H,1-3H3;9-11,14H,5-8H2,1-4H3;/q-1;;/b;12-9-;. The quantitative estimate of drug-likeness (QED) is 0.106. The third kappa shape index (κ3) is 8.06. The Morgan fingerprint density at radius 3 is 2.28 bits per heavy atom. The fourth-order valence-corrected chi connectivity index (χ4v) is 5.72. The van der Waals surface area contributed by atoms with Crippen LogP contribution in [0.25, 0.3) is 32.2 Å². The maximum Gasteiger partial charge on any atom is 0.162 e. The number of aryl methyl sites for hydroxylation is 1. The minimum Gasteiger partial charge on any atom is -0.512 e. The van der Waals surface area contributed by atoms with Gasteiger partial charge >= 0.3 is 0 Å². The van der Waals surface area contributed by atoms with Gasteiger partial charge in [-0.3, -0.25) is 9.78 Å².